The minimum atomic E-state index is 0.630. The van der Waals surface area contributed by atoms with Crippen LogP contribution in [0.1, 0.15) is 201 Å². The third-order valence-electron chi connectivity index (χ3n) is 12.9. The van der Waals surface area contributed by atoms with Crippen molar-refractivity contribution in [2.75, 3.05) is 39.6 Å². The first-order valence-corrected chi connectivity index (χ1v) is 27.7. The van der Waals surface area contributed by atoms with Crippen molar-refractivity contribution in [1.29, 1.82) is 0 Å². The second-order valence-corrected chi connectivity index (χ2v) is 20.5. The Bertz CT molecular complexity index is 1840. The van der Waals surface area contributed by atoms with Gasteiger partial charge in [0.25, 0.3) is 0 Å². The molecular formula is C58H80Br2O6. The van der Waals surface area contributed by atoms with E-state index in [1.54, 1.807) is 0 Å². The van der Waals surface area contributed by atoms with Gasteiger partial charge in [-0.25, -0.2) is 0 Å². The molecule has 0 amide bonds. The molecule has 66 heavy (non-hydrogen) atoms. The molecule has 6 nitrogen and oxygen atoms in total. The quantitative estimate of drug-likeness (QED) is 0.0574. The number of ether oxygens (including phenoxy) is 6. The lowest BCUT2D eigenvalue weighted by atomic mass is 9.91. The Labute approximate surface area is 415 Å². The van der Waals surface area contributed by atoms with E-state index in [1.807, 2.05) is 0 Å². The molecule has 0 N–H and O–H groups in total. The highest BCUT2D eigenvalue weighted by Crippen LogP contribution is 2.43. The van der Waals surface area contributed by atoms with Crippen molar-refractivity contribution in [2.45, 2.75) is 182 Å². The first-order chi connectivity index (χ1) is 32.4. The van der Waals surface area contributed by atoms with Crippen LogP contribution < -0.4 is 28.4 Å². The van der Waals surface area contributed by atoms with Crippen LogP contribution in [0.2, 0.25) is 0 Å². The summed E-state index contributed by atoms with van der Waals surface area (Å²) in [7, 11) is 0. The summed E-state index contributed by atoms with van der Waals surface area (Å²) in [6, 6.07) is 18.0. The van der Waals surface area contributed by atoms with Crippen molar-refractivity contribution in [3.8, 4) is 34.5 Å². The van der Waals surface area contributed by atoms with E-state index in [1.165, 1.54) is 51.4 Å². The molecule has 0 aromatic heterocycles. The van der Waals surface area contributed by atoms with E-state index >= 15 is 0 Å². The maximum Gasteiger partial charge on any atom is 0.126 e. The van der Waals surface area contributed by atoms with Crippen LogP contribution in [-0.2, 0) is 25.7 Å². The summed E-state index contributed by atoms with van der Waals surface area (Å²) in [6.07, 6.45) is 24.9. The molecule has 362 valence electrons. The molecule has 0 saturated carbocycles. The summed E-state index contributed by atoms with van der Waals surface area (Å²) < 4.78 is 43.7. The topological polar surface area (TPSA) is 55.4 Å². The number of fused-ring (bicyclic) bond motifs is 7. The van der Waals surface area contributed by atoms with Gasteiger partial charge in [-0.3, -0.25) is 0 Å². The van der Waals surface area contributed by atoms with Gasteiger partial charge >= 0.3 is 0 Å². The number of halogens is 2. The molecule has 0 atom stereocenters. The normalized spacial score (nSPS) is 13.8. The molecule has 10 bridgehead atoms. The molecule has 2 aliphatic heterocycles. The van der Waals surface area contributed by atoms with E-state index in [-0.39, 0.29) is 0 Å². The Kier molecular flexibility index (Phi) is 22.7. The number of unbranched alkanes of at least 4 members (excludes halogenated alkanes) is 12. The summed E-state index contributed by atoms with van der Waals surface area (Å²) in [5.41, 5.74) is 9.01. The highest BCUT2D eigenvalue weighted by atomic mass is 79.9. The predicted molar refractivity (Wildman–Crippen MR) is 280 cm³/mol. The van der Waals surface area contributed by atoms with Crippen LogP contribution in [0.25, 0.3) is 0 Å². The van der Waals surface area contributed by atoms with Gasteiger partial charge in [-0.2, -0.15) is 0 Å². The van der Waals surface area contributed by atoms with Gasteiger partial charge in [0.2, 0.25) is 0 Å². The highest BCUT2D eigenvalue weighted by molar-refractivity contribution is 9.10. The second-order valence-electron chi connectivity index (χ2n) is 18.7. The van der Waals surface area contributed by atoms with Gasteiger partial charge < -0.3 is 28.4 Å². The Morgan fingerprint density at radius 3 is 0.864 bits per heavy atom. The Morgan fingerprint density at radius 1 is 0.348 bits per heavy atom. The second kappa shape index (κ2) is 28.8. The molecule has 0 fully saturated rings. The molecule has 2 heterocycles. The summed E-state index contributed by atoms with van der Waals surface area (Å²) >= 11 is 8.00. The SMILES string of the molecule is CCCCCCOc1c2cc(Br)cc1Cc1cc3cc(c1OCCCCCC)Cc1cc(Br)cc(c1OCCCCCC)Cc1cc(cc(c1OCCCCCC)C2)OCCCCCCO3. The van der Waals surface area contributed by atoms with Crippen LogP contribution in [0, 0.1) is 0 Å². The van der Waals surface area contributed by atoms with E-state index in [4.69, 9.17) is 28.4 Å². The van der Waals surface area contributed by atoms with Crippen molar-refractivity contribution < 1.29 is 28.4 Å². The molecule has 4 aromatic rings. The summed E-state index contributed by atoms with van der Waals surface area (Å²) in [6.45, 7) is 13.0. The van der Waals surface area contributed by atoms with E-state index in [0.29, 0.717) is 65.3 Å². The van der Waals surface area contributed by atoms with Gasteiger partial charge in [-0.05, 0) is 99.9 Å². The number of hydrogen-bond acceptors (Lipinski definition) is 6. The minimum Gasteiger partial charge on any atom is -0.494 e. The molecule has 4 aromatic carbocycles. The van der Waals surface area contributed by atoms with Gasteiger partial charge in [-0.15, -0.1) is 0 Å². The van der Waals surface area contributed by atoms with Crippen LogP contribution in [0.4, 0.5) is 0 Å². The van der Waals surface area contributed by atoms with Gasteiger partial charge in [0.1, 0.15) is 34.5 Å². The van der Waals surface area contributed by atoms with E-state index in [2.05, 4.69) is 108 Å². The van der Waals surface area contributed by atoms with Crippen LogP contribution in [0.5, 0.6) is 34.5 Å². The fraction of sp³-hybridized carbons (Fsp3) is 0.586. The van der Waals surface area contributed by atoms with Crippen LogP contribution >= 0.6 is 31.9 Å². The molecule has 0 saturated heterocycles. The first kappa shape index (κ1) is 52.0. The minimum absolute atomic E-state index is 0.630. The molecule has 8 heteroatoms. The maximum atomic E-state index is 7.05. The lowest BCUT2D eigenvalue weighted by Crippen LogP contribution is -2.11. The summed E-state index contributed by atoms with van der Waals surface area (Å²) in [4.78, 5) is 0. The maximum absolute atomic E-state index is 7.05. The standard InChI is InChI=1S/C58H80Br2O6/c1-5-9-13-19-27-63-55-43-31-47-39-53-41-49(57(47)65-29-21-15-11-7-3)33-45-37-52(60)38-46(56(45)64-28-20-14-10-6-2)34-50-42-54(62-26-24-18-17-23-25-61-53)40-48(32-44(55)36-51(59)35-43)58(50)66-30-22-16-12-8-4/h35-42H,5-34H2,1-4H3. The fourth-order valence-corrected chi connectivity index (χ4v) is 10.5. The van der Waals surface area contributed by atoms with Gasteiger partial charge in [-0.1, -0.05) is 137 Å². The number of hydrogen-bond donors (Lipinski definition) is 0. The first-order valence-electron chi connectivity index (χ1n) is 26.1. The van der Waals surface area contributed by atoms with Gasteiger partial charge in [0.15, 0.2) is 0 Å². The number of benzene rings is 4. The van der Waals surface area contributed by atoms with Crippen molar-refractivity contribution in [2.24, 2.45) is 0 Å². The van der Waals surface area contributed by atoms with Crippen molar-refractivity contribution in [3.63, 3.8) is 0 Å². The van der Waals surface area contributed by atoms with Crippen molar-refractivity contribution in [1.82, 2.24) is 0 Å². The molecule has 0 unspecified atom stereocenters. The zero-order valence-corrected chi connectivity index (χ0v) is 44.2. The Morgan fingerprint density at radius 2 is 0.606 bits per heavy atom. The molecule has 0 spiro atoms. The molecule has 1 aliphatic carbocycles. The van der Waals surface area contributed by atoms with Crippen LogP contribution in [-0.4, -0.2) is 39.6 Å². The summed E-state index contributed by atoms with van der Waals surface area (Å²) in [5, 5.41) is 0. The average molecular weight is 1030 g/mol. The number of rotatable bonds is 24. The van der Waals surface area contributed by atoms with Crippen molar-refractivity contribution in [3.05, 3.63) is 102 Å². The van der Waals surface area contributed by atoms with Gasteiger partial charge in [0.05, 0.1) is 39.6 Å². The Balaban J connectivity index is 1.62. The largest absolute Gasteiger partial charge is 0.494 e. The van der Waals surface area contributed by atoms with E-state index in [9.17, 15) is 0 Å². The monoisotopic (exact) mass is 1030 g/mol. The lowest BCUT2D eigenvalue weighted by molar-refractivity contribution is 0.282. The van der Waals surface area contributed by atoms with Crippen LogP contribution in [0.15, 0.2) is 57.5 Å². The molecule has 0 radical (unpaired) electrons. The predicted octanol–water partition coefficient (Wildman–Crippen LogP) is 17.1. The van der Waals surface area contributed by atoms with Crippen LogP contribution in [0.3, 0.4) is 0 Å². The molecule has 3 aliphatic rings. The Hall–Kier alpha value is -3.36. The fourth-order valence-electron chi connectivity index (χ4n) is 9.40. The van der Waals surface area contributed by atoms with Gasteiger partial charge in [0, 0.05) is 79.1 Å². The smallest absolute Gasteiger partial charge is 0.126 e. The molecular weight excluding hydrogens is 952 g/mol. The molecule has 7 rings (SSSR count). The zero-order valence-electron chi connectivity index (χ0n) is 41.0. The highest BCUT2D eigenvalue weighted by Gasteiger charge is 2.25. The average Bonchev–Trinajstić information content (AvgIpc) is 3.29. The zero-order chi connectivity index (χ0) is 46.4. The third kappa shape index (κ3) is 16.1. The van der Waals surface area contributed by atoms with E-state index in [0.717, 1.165) is 165 Å². The summed E-state index contributed by atoms with van der Waals surface area (Å²) in [5.74, 6) is 5.59. The van der Waals surface area contributed by atoms with E-state index < -0.39 is 0 Å². The lowest BCUT2D eigenvalue weighted by Gasteiger charge is -2.24. The third-order valence-corrected chi connectivity index (χ3v) is 13.8. The van der Waals surface area contributed by atoms with Crippen molar-refractivity contribution >= 4 is 31.9 Å².